The number of methoxy groups -OCH3 is 1. The van der Waals surface area contributed by atoms with Crippen molar-refractivity contribution < 1.29 is 14.3 Å². The SMILES string of the molecule is COc1ccc(-c2cn(-c3ccc(C)cc3)c(NC(=O)CN(C(=O)c3ccccc3Cl)C(C)C)n2)cc1. The van der Waals surface area contributed by atoms with Gasteiger partial charge in [0, 0.05) is 23.5 Å². The summed E-state index contributed by atoms with van der Waals surface area (Å²) in [6.07, 6.45) is 1.87. The molecule has 0 bridgehead atoms. The number of hydrogen-bond donors (Lipinski definition) is 1. The van der Waals surface area contributed by atoms with Crippen molar-refractivity contribution in [3.05, 3.63) is 95.1 Å². The lowest BCUT2D eigenvalue weighted by molar-refractivity contribution is -0.117. The van der Waals surface area contributed by atoms with E-state index in [0.29, 0.717) is 22.2 Å². The number of amides is 2. The van der Waals surface area contributed by atoms with Gasteiger partial charge in [-0.1, -0.05) is 41.4 Å². The molecule has 0 atom stereocenters. The summed E-state index contributed by atoms with van der Waals surface area (Å²) in [7, 11) is 1.62. The van der Waals surface area contributed by atoms with Gasteiger partial charge < -0.3 is 9.64 Å². The molecule has 37 heavy (non-hydrogen) atoms. The summed E-state index contributed by atoms with van der Waals surface area (Å²) in [5.41, 5.74) is 3.89. The second-order valence-electron chi connectivity index (χ2n) is 8.94. The van der Waals surface area contributed by atoms with Crippen LogP contribution < -0.4 is 10.1 Å². The molecule has 0 unspecified atom stereocenters. The van der Waals surface area contributed by atoms with E-state index in [1.165, 1.54) is 4.90 Å². The molecule has 0 spiro atoms. The standard InChI is InChI=1S/C29H29ClN4O3/c1-19(2)33(28(36)24-7-5-6-8-25(24)30)18-27(35)32-29-31-26(21-11-15-23(37-4)16-12-21)17-34(29)22-13-9-20(3)10-14-22/h5-17,19H,18H2,1-4H3,(H,31,32,35). The summed E-state index contributed by atoms with van der Waals surface area (Å²) in [5, 5.41) is 3.25. The molecule has 4 rings (SSSR count). The summed E-state index contributed by atoms with van der Waals surface area (Å²) in [4.78, 5) is 32.6. The van der Waals surface area contributed by atoms with Crippen LogP contribution >= 0.6 is 11.6 Å². The number of hydrogen-bond acceptors (Lipinski definition) is 4. The number of aromatic nitrogens is 2. The minimum atomic E-state index is -0.366. The Bertz CT molecular complexity index is 1400. The molecule has 1 heterocycles. The number of carbonyl (C=O) groups is 2. The molecular formula is C29H29ClN4O3. The lowest BCUT2D eigenvalue weighted by Crippen LogP contribution is -2.42. The van der Waals surface area contributed by atoms with Crippen LogP contribution in [0.15, 0.2) is 79.0 Å². The Labute approximate surface area is 221 Å². The molecule has 0 aliphatic heterocycles. The lowest BCUT2D eigenvalue weighted by atomic mass is 10.1. The maximum atomic E-state index is 13.2. The van der Waals surface area contributed by atoms with Gasteiger partial charge in [0.05, 0.1) is 23.4 Å². The fraction of sp³-hybridized carbons (Fsp3) is 0.207. The van der Waals surface area contributed by atoms with E-state index in [4.69, 9.17) is 21.3 Å². The predicted octanol–water partition coefficient (Wildman–Crippen LogP) is 6.00. The maximum absolute atomic E-state index is 13.2. The Balaban J connectivity index is 1.63. The first-order valence-electron chi connectivity index (χ1n) is 11.9. The molecule has 2 amide bonds. The van der Waals surface area contributed by atoms with Crippen molar-refractivity contribution >= 4 is 29.4 Å². The predicted molar refractivity (Wildman–Crippen MR) is 147 cm³/mol. The quantitative estimate of drug-likeness (QED) is 0.311. The third-order valence-electron chi connectivity index (χ3n) is 5.96. The van der Waals surface area contributed by atoms with Gasteiger partial charge in [0.25, 0.3) is 5.91 Å². The van der Waals surface area contributed by atoms with Gasteiger partial charge in [0.15, 0.2) is 0 Å². The molecule has 1 aromatic heterocycles. The van der Waals surface area contributed by atoms with Crippen LogP contribution in [0.5, 0.6) is 5.75 Å². The molecule has 0 aliphatic rings. The summed E-state index contributed by atoms with van der Waals surface area (Å²) >= 11 is 6.24. The van der Waals surface area contributed by atoms with Crippen molar-refractivity contribution in [1.82, 2.24) is 14.5 Å². The highest BCUT2D eigenvalue weighted by Gasteiger charge is 2.24. The zero-order valence-electron chi connectivity index (χ0n) is 21.2. The molecule has 0 fully saturated rings. The fourth-order valence-electron chi connectivity index (χ4n) is 3.87. The first kappa shape index (κ1) is 26.0. The van der Waals surface area contributed by atoms with E-state index in [9.17, 15) is 9.59 Å². The van der Waals surface area contributed by atoms with Gasteiger partial charge in [-0.25, -0.2) is 4.98 Å². The number of ether oxygens (including phenoxy) is 1. The Morgan fingerprint density at radius 1 is 1.03 bits per heavy atom. The van der Waals surface area contributed by atoms with Crippen molar-refractivity contribution in [2.75, 3.05) is 19.0 Å². The summed E-state index contributed by atoms with van der Waals surface area (Å²) in [6, 6.07) is 22.1. The molecule has 0 radical (unpaired) electrons. The fourth-order valence-corrected chi connectivity index (χ4v) is 4.09. The van der Waals surface area contributed by atoms with Crippen molar-refractivity contribution in [1.29, 1.82) is 0 Å². The smallest absolute Gasteiger partial charge is 0.256 e. The van der Waals surface area contributed by atoms with Crippen molar-refractivity contribution in [3.63, 3.8) is 0 Å². The topological polar surface area (TPSA) is 76.5 Å². The van der Waals surface area contributed by atoms with Gasteiger partial charge >= 0.3 is 0 Å². The summed E-state index contributed by atoms with van der Waals surface area (Å²) in [5.74, 6) is 0.423. The molecule has 7 nitrogen and oxygen atoms in total. The highest BCUT2D eigenvalue weighted by molar-refractivity contribution is 6.33. The van der Waals surface area contributed by atoms with E-state index in [2.05, 4.69) is 5.32 Å². The number of aryl methyl sites for hydroxylation is 1. The summed E-state index contributed by atoms with van der Waals surface area (Å²) in [6.45, 7) is 5.58. The van der Waals surface area contributed by atoms with E-state index in [1.54, 1.807) is 31.4 Å². The van der Waals surface area contributed by atoms with E-state index >= 15 is 0 Å². The van der Waals surface area contributed by atoms with Gasteiger partial charge in [-0.2, -0.15) is 0 Å². The molecule has 0 saturated heterocycles. The zero-order chi connectivity index (χ0) is 26.5. The normalized spacial score (nSPS) is 10.9. The average molecular weight is 517 g/mol. The molecule has 8 heteroatoms. The Hall–Kier alpha value is -4.10. The van der Waals surface area contributed by atoms with Gasteiger partial charge in [0.2, 0.25) is 11.9 Å². The highest BCUT2D eigenvalue weighted by Crippen LogP contribution is 2.26. The number of imidazole rings is 1. The number of anilines is 1. The third-order valence-corrected chi connectivity index (χ3v) is 6.29. The van der Waals surface area contributed by atoms with Crippen LogP contribution in [0.1, 0.15) is 29.8 Å². The van der Waals surface area contributed by atoms with E-state index in [1.807, 2.05) is 80.1 Å². The van der Waals surface area contributed by atoms with Crippen LogP contribution in [0.25, 0.3) is 16.9 Å². The third kappa shape index (κ3) is 6.01. The second-order valence-corrected chi connectivity index (χ2v) is 9.35. The number of benzene rings is 3. The van der Waals surface area contributed by atoms with Gasteiger partial charge in [0.1, 0.15) is 12.3 Å². The molecular weight excluding hydrogens is 488 g/mol. The van der Waals surface area contributed by atoms with Crippen LogP contribution in [0.2, 0.25) is 5.02 Å². The van der Waals surface area contributed by atoms with E-state index in [-0.39, 0.29) is 24.4 Å². The van der Waals surface area contributed by atoms with Gasteiger partial charge in [-0.15, -0.1) is 0 Å². The van der Waals surface area contributed by atoms with Crippen LogP contribution in [-0.2, 0) is 4.79 Å². The molecule has 4 aromatic rings. The second kappa shape index (κ2) is 11.3. The molecule has 3 aromatic carbocycles. The monoisotopic (exact) mass is 516 g/mol. The number of halogens is 1. The van der Waals surface area contributed by atoms with Crippen molar-refractivity contribution in [2.45, 2.75) is 26.8 Å². The van der Waals surface area contributed by atoms with E-state index in [0.717, 1.165) is 22.6 Å². The van der Waals surface area contributed by atoms with Gasteiger partial charge in [-0.05, 0) is 69.3 Å². The molecule has 1 N–H and O–H groups in total. The van der Waals surface area contributed by atoms with E-state index < -0.39 is 0 Å². The minimum Gasteiger partial charge on any atom is -0.497 e. The van der Waals surface area contributed by atoms with Crippen molar-refractivity contribution in [3.8, 4) is 22.7 Å². The van der Waals surface area contributed by atoms with Gasteiger partial charge in [-0.3, -0.25) is 19.5 Å². The van der Waals surface area contributed by atoms with Crippen LogP contribution in [0.3, 0.4) is 0 Å². The summed E-state index contributed by atoms with van der Waals surface area (Å²) < 4.78 is 7.08. The molecule has 0 aliphatic carbocycles. The number of carbonyl (C=O) groups excluding carboxylic acids is 2. The number of nitrogens with zero attached hydrogens (tertiary/aromatic N) is 3. The molecule has 190 valence electrons. The van der Waals surface area contributed by atoms with Crippen molar-refractivity contribution in [2.24, 2.45) is 0 Å². The first-order valence-corrected chi connectivity index (χ1v) is 12.3. The number of nitrogens with one attached hydrogen (secondary N) is 1. The maximum Gasteiger partial charge on any atom is 0.256 e. The Kier molecular flexibility index (Phi) is 7.94. The Morgan fingerprint density at radius 2 is 1.70 bits per heavy atom. The first-order chi connectivity index (χ1) is 17.8. The van der Waals surface area contributed by atoms with Crippen LogP contribution in [0.4, 0.5) is 5.95 Å². The lowest BCUT2D eigenvalue weighted by Gasteiger charge is -2.26. The van der Waals surface area contributed by atoms with Crippen LogP contribution in [-0.4, -0.2) is 46.0 Å². The zero-order valence-corrected chi connectivity index (χ0v) is 22.0. The Morgan fingerprint density at radius 3 is 2.32 bits per heavy atom. The van der Waals surface area contributed by atoms with Crippen LogP contribution in [0, 0.1) is 6.92 Å². The number of rotatable bonds is 8. The minimum absolute atomic E-state index is 0.152. The highest BCUT2D eigenvalue weighted by atomic mass is 35.5. The largest absolute Gasteiger partial charge is 0.497 e. The average Bonchev–Trinajstić information content (AvgIpc) is 3.31. The molecule has 0 saturated carbocycles.